The third kappa shape index (κ3) is 3.08. The van der Waals surface area contributed by atoms with E-state index in [0.29, 0.717) is 17.7 Å². The van der Waals surface area contributed by atoms with E-state index < -0.39 is 5.91 Å². The van der Waals surface area contributed by atoms with E-state index in [0.717, 1.165) is 18.4 Å². The molecule has 118 valence electrons. The van der Waals surface area contributed by atoms with Gasteiger partial charge in [0, 0.05) is 17.7 Å². The van der Waals surface area contributed by atoms with Gasteiger partial charge < -0.3 is 10.6 Å². The predicted octanol–water partition coefficient (Wildman–Crippen LogP) is 2.90. The van der Waals surface area contributed by atoms with E-state index in [1.54, 1.807) is 41.3 Å². The third-order valence-electron chi connectivity index (χ3n) is 4.18. The van der Waals surface area contributed by atoms with Gasteiger partial charge in [-0.25, -0.2) is 4.39 Å². The third-order valence-corrected chi connectivity index (χ3v) is 4.18. The SMILES string of the molecule is NC(=O)c1ccc(C(=O)N2CCCC2c2ccc(F)cc2)cc1. The molecule has 0 saturated carbocycles. The van der Waals surface area contributed by atoms with Crippen LogP contribution in [0.5, 0.6) is 0 Å². The molecule has 0 bridgehead atoms. The summed E-state index contributed by atoms with van der Waals surface area (Å²) >= 11 is 0. The lowest BCUT2D eigenvalue weighted by Crippen LogP contribution is -2.30. The summed E-state index contributed by atoms with van der Waals surface area (Å²) in [5.41, 5.74) is 7.03. The number of likely N-dealkylation sites (tertiary alicyclic amines) is 1. The molecule has 1 fully saturated rings. The normalized spacial score (nSPS) is 17.3. The van der Waals surface area contributed by atoms with Crippen LogP contribution >= 0.6 is 0 Å². The van der Waals surface area contributed by atoms with Gasteiger partial charge in [0.1, 0.15) is 5.82 Å². The maximum absolute atomic E-state index is 13.1. The molecular weight excluding hydrogens is 295 g/mol. The van der Waals surface area contributed by atoms with Crippen LogP contribution in [-0.2, 0) is 0 Å². The van der Waals surface area contributed by atoms with Crippen molar-refractivity contribution >= 4 is 11.8 Å². The first-order valence-electron chi connectivity index (χ1n) is 7.52. The number of halogens is 1. The van der Waals surface area contributed by atoms with Crippen molar-refractivity contribution in [3.05, 3.63) is 71.0 Å². The quantitative estimate of drug-likeness (QED) is 0.947. The van der Waals surface area contributed by atoms with Crippen molar-refractivity contribution in [2.24, 2.45) is 5.73 Å². The molecule has 0 spiro atoms. The standard InChI is InChI=1S/C18H17FN2O2/c19-15-9-7-12(8-10-15)16-2-1-11-21(16)18(23)14-5-3-13(4-6-14)17(20)22/h3-10,16H,1-2,11H2,(H2,20,22). The lowest BCUT2D eigenvalue weighted by molar-refractivity contribution is 0.0735. The fourth-order valence-corrected chi connectivity index (χ4v) is 2.98. The van der Waals surface area contributed by atoms with Gasteiger partial charge in [0.05, 0.1) is 6.04 Å². The number of nitrogens with two attached hydrogens (primary N) is 1. The number of benzene rings is 2. The van der Waals surface area contributed by atoms with Crippen molar-refractivity contribution in [3.8, 4) is 0 Å². The number of carbonyl (C=O) groups excluding carboxylic acids is 2. The molecule has 1 unspecified atom stereocenters. The molecule has 0 aliphatic carbocycles. The lowest BCUT2D eigenvalue weighted by atomic mass is 10.0. The van der Waals surface area contributed by atoms with Gasteiger partial charge in [-0.05, 0) is 54.8 Å². The summed E-state index contributed by atoms with van der Waals surface area (Å²) in [5, 5.41) is 0. The smallest absolute Gasteiger partial charge is 0.254 e. The van der Waals surface area contributed by atoms with Crippen LogP contribution in [0.25, 0.3) is 0 Å². The van der Waals surface area contributed by atoms with Gasteiger partial charge in [-0.1, -0.05) is 12.1 Å². The van der Waals surface area contributed by atoms with Crippen LogP contribution in [0.4, 0.5) is 4.39 Å². The van der Waals surface area contributed by atoms with Crippen molar-refractivity contribution in [2.75, 3.05) is 6.54 Å². The van der Waals surface area contributed by atoms with E-state index in [-0.39, 0.29) is 17.8 Å². The van der Waals surface area contributed by atoms with Gasteiger partial charge in [0.2, 0.25) is 5.91 Å². The number of amides is 2. The number of carbonyl (C=O) groups is 2. The second-order valence-electron chi connectivity index (χ2n) is 5.65. The van der Waals surface area contributed by atoms with Crippen LogP contribution < -0.4 is 5.73 Å². The first kappa shape index (κ1) is 15.2. The van der Waals surface area contributed by atoms with E-state index in [1.165, 1.54) is 12.1 Å². The zero-order valence-corrected chi connectivity index (χ0v) is 12.5. The largest absolute Gasteiger partial charge is 0.366 e. The Morgan fingerprint density at radius 1 is 1.00 bits per heavy atom. The van der Waals surface area contributed by atoms with Gasteiger partial charge in [0.15, 0.2) is 0 Å². The topological polar surface area (TPSA) is 63.4 Å². The maximum atomic E-state index is 13.1. The molecule has 1 saturated heterocycles. The van der Waals surface area contributed by atoms with E-state index >= 15 is 0 Å². The Morgan fingerprint density at radius 3 is 2.22 bits per heavy atom. The molecule has 1 heterocycles. The summed E-state index contributed by atoms with van der Waals surface area (Å²) in [6.07, 6.45) is 1.77. The van der Waals surface area contributed by atoms with Crippen molar-refractivity contribution < 1.29 is 14.0 Å². The Balaban J connectivity index is 1.82. The van der Waals surface area contributed by atoms with Crippen LogP contribution in [-0.4, -0.2) is 23.3 Å². The Bertz CT molecular complexity index is 726. The molecular formula is C18H17FN2O2. The Labute approximate surface area is 133 Å². The highest BCUT2D eigenvalue weighted by Crippen LogP contribution is 2.33. The first-order valence-corrected chi connectivity index (χ1v) is 7.52. The monoisotopic (exact) mass is 312 g/mol. The number of hydrogen-bond acceptors (Lipinski definition) is 2. The average Bonchev–Trinajstić information content (AvgIpc) is 3.04. The molecule has 1 aliphatic heterocycles. The Hall–Kier alpha value is -2.69. The molecule has 0 radical (unpaired) electrons. The van der Waals surface area contributed by atoms with Crippen molar-refractivity contribution in [2.45, 2.75) is 18.9 Å². The zero-order valence-electron chi connectivity index (χ0n) is 12.5. The highest BCUT2D eigenvalue weighted by atomic mass is 19.1. The average molecular weight is 312 g/mol. The molecule has 1 aliphatic rings. The van der Waals surface area contributed by atoms with Gasteiger partial charge in [-0.3, -0.25) is 9.59 Å². The molecule has 2 aromatic rings. The Kier molecular flexibility index (Phi) is 4.10. The molecule has 2 N–H and O–H groups in total. The second-order valence-corrected chi connectivity index (χ2v) is 5.65. The number of rotatable bonds is 3. The first-order chi connectivity index (χ1) is 11.1. The fourth-order valence-electron chi connectivity index (χ4n) is 2.98. The minimum Gasteiger partial charge on any atom is -0.366 e. The summed E-state index contributed by atoms with van der Waals surface area (Å²) in [5.74, 6) is -0.895. The lowest BCUT2D eigenvalue weighted by Gasteiger charge is -2.25. The van der Waals surface area contributed by atoms with Crippen LogP contribution in [0.1, 0.15) is 45.2 Å². The minimum atomic E-state index is -0.519. The maximum Gasteiger partial charge on any atom is 0.254 e. The van der Waals surface area contributed by atoms with Crippen molar-refractivity contribution in [3.63, 3.8) is 0 Å². The Morgan fingerprint density at radius 2 is 1.61 bits per heavy atom. The van der Waals surface area contributed by atoms with Crippen LogP contribution in [0, 0.1) is 5.82 Å². The van der Waals surface area contributed by atoms with E-state index in [2.05, 4.69) is 0 Å². The van der Waals surface area contributed by atoms with E-state index in [4.69, 9.17) is 5.73 Å². The summed E-state index contributed by atoms with van der Waals surface area (Å²) in [7, 11) is 0. The van der Waals surface area contributed by atoms with Crippen LogP contribution in [0.2, 0.25) is 0 Å². The molecule has 23 heavy (non-hydrogen) atoms. The summed E-state index contributed by atoms with van der Waals surface area (Å²) < 4.78 is 13.1. The fraction of sp³-hybridized carbons (Fsp3) is 0.222. The zero-order chi connectivity index (χ0) is 16.4. The second kappa shape index (κ2) is 6.20. The van der Waals surface area contributed by atoms with E-state index in [9.17, 15) is 14.0 Å². The van der Waals surface area contributed by atoms with Gasteiger partial charge in [-0.2, -0.15) is 0 Å². The van der Waals surface area contributed by atoms with Crippen molar-refractivity contribution in [1.29, 1.82) is 0 Å². The molecule has 1 atom stereocenters. The summed E-state index contributed by atoms with van der Waals surface area (Å²) in [6, 6.07) is 12.6. The van der Waals surface area contributed by atoms with E-state index in [1.807, 2.05) is 0 Å². The predicted molar refractivity (Wildman–Crippen MR) is 84.4 cm³/mol. The molecule has 2 aromatic carbocycles. The molecule has 0 aromatic heterocycles. The molecule has 3 rings (SSSR count). The van der Waals surface area contributed by atoms with Gasteiger partial charge in [0.25, 0.3) is 5.91 Å². The summed E-state index contributed by atoms with van der Waals surface area (Å²) in [6.45, 7) is 0.665. The number of primary amides is 1. The highest BCUT2D eigenvalue weighted by molar-refractivity contribution is 5.97. The molecule has 2 amide bonds. The highest BCUT2D eigenvalue weighted by Gasteiger charge is 2.30. The van der Waals surface area contributed by atoms with Crippen LogP contribution in [0.3, 0.4) is 0 Å². The number of nitrogens with zero attached hydrogens (tertiary/aromatic N) is 1. The number of hydrogen-bond donors (Lipinski definition) is 1. The molecule has 5 heteroatoms. The van der Waals surface area contributed by atoms with Gasteiger partial charge >= 0.3 is 0 Å². The summed E-state index contributed by atoms with van der Waals surface area (Å²) in [4.78, 5) is 25.6. The van der Waals surface area contributed by atoms with Gasteiger partial charge in [-0.15, -0.1) is 0 Å². The van der Waals surface area contributed by atoms with Crippen LogP contribution in [0.15, 0.2) is 48.5 Å². The minimum absolute atomic E-state index is 0.0427. The molecule has 4 nitrogen and oxygen atoms in total. The van der Waals surface area contributed by atoms with Crippen molar-refractivity contribution in [1.82, 2.24) is 4.90 Å².